The highest BCUT2D eigenvalue weighted by Crippen LogP contribution is 2.25. The van der Waals surface area contributed by atoms with Crippen molar-refractivity contribution in [1.29, 1.82) is 0 Å². The summed E-state index contributed by atoms with van der Waals surface area (Å²) >= 11 is 0. The van der Waals surface area contributed by atoms with Crippen LogP contribution in [-0.2, 0) is 9.84 Å². The van der Waals surface area contributed by atoms with Gasteiger partial charge in [0.1, 0.15) is 0 Å². The van der Waals surface area contributed by atoms with Gasteiger partial charge < -0.3 is 4.90 Å². The van der Waals surface area contributed by atoms with Gasteiger partial charge in [-0.25, -0.2) is 8.42 Å². The van der Waals surface area contributed by atoms with Crippen molar-refractivity contribution in [3.05, 3.63) is 69.3 Å². The molecule has 0 bridgehead atoms. The predicted molar refractivity (Wildman–Crippen MR) is 97.9 cm³/mol. The Morgan fingerprint density at radius 3 is 2.23 bits per heavy atom. The van der Waals surface area contributed by atoms with Gasteiger partial charge in [-0.2, -0.15) is 0 Å². The zero-order valence-electron chi connectivity index (χ0n) is 15.0. The highest BCUT2D eigenvalue weighted by atomic mass is 32.2. The fraction of sp³-hybridized carbons (Fsp3) is 0.278. The molecule has 0 heterocycles. The number of sulfone groups is 1. The van der Waals surface area contributed by atoms with Crippen molar-refractivity contribution < 1.29 is 18.1 Å². The van der Waals surface area contributed by atoms with Crippen LogP contribution < -0.4 is 0 Å². The van der Waals surface area contributed by atoms with Crippen LogP contribution in [0.5, 0.6) is 0 Å². The van der Waals surface area contributed by atoms with Gasteiger partial charge in [-0.15, -0.1) is 0 Å². The normalized spacial score (nSPS) is 12.5. The number of rotatable bonds is 5. The second-order valence-corrected chi connectivity index (χ2v) is 8.21. The first-order valence-electron chi connectivity index (χ1n) is 7.84. The third-order valence-electron chi connectivity index (χ3n) is 4.34. The fourth-order valence-corrected chi connectivity index (χ4v) is 3.17. The maximum Gasteiger partial charge on any atom is 0.273 e. The lowest BCUT2D eigenvalue weighted by Gasteiger charge is -2.25. The number of hydrogen-bond donors (Lipinski definition) is 0. The van der Waals surface area contributed by atoms with Crippen LogP contribution in [0.25, 0.3) is 0 Å². The molecule has 0 aliphatic heterocycles. The van der Waals surface area contributed by atoms with Crippen LogP contribution >= 0.6 is 0 Å². The Labute approximate surface area is 152 Å². The third kappa shape index (κ3) is 4.08. The first-order valence-corrected chi connectivity index (χ1v) is 9.73. The van der Waals surface area contributed by atoms with Crippen molar-refractivity contribution in [2.45, 2.75) is 24.8 Å². The molecule has 1 amide bonds. The summed E-state index contributed by atoms with van der Waals surface area (Å²) < 4.78 is 23.1. The molecule has 0 N–H and O–H groups in total. The number of amides is 1. The maximum absolute atomic E-state index is 12.7. The summed E-state index contributed by atoms with van der Waals surface area (Å²) in [6, 6.07) is 10.3. The molecule has 0 aromatic heterocycles. The first kappa shape index (κ1) is 19.6. The zero-order valence-corrected chi connectivity index (χ0v) is 15.8. The molecule has 0 saturated heterocycles. The van der Waals surface area contributed by atoms with Gasteiger partial charge in [0.05, 0.1) is 15.9 Å². The van der Waals surface area contributed by atoms with Crippen molar-refractivity contribution in [1.82, 2.24) is 4.90 Å². The molecule has 2 aromatic carbocycles. The van der Waals surface area contributed by atoms with Crippen molar-refractivity contribution in [2.75, 3.05) is 13.3 Å². The van der Waals surface area contributed by atoms with Crippen molar-refractivity contribution in [3.8, 4) is 0 Å². The lowest BCUT2D eigenvalue weighted by Crippen LogP contribution is -2.29. The van der Waals surface area contributed by atoms with Gasteiger partial charge in [0.25, 0.3) is 11.6 Å². The maximum atomic E-state index is 12.7. The number of nitrogens with zero attached hydrogens (tertiary/aromatic N) is 2. The summed E-state index contributed by atoms with van der Waals surface area (Å²) in [5.74, 6) is -0.354. The summed E-state index contributed by atoms with van der Waals surface area (Å²) in [6.07, 6.45) is 1.13. The van der Waals surface area contributed by atoms with Crippen LogP contribution in [0.4, 0.5) is 5.69 Å². The molecule has 1 unspecified atom stereocenters. The van der Waals surface area contributed by atoms with Gasteiger partial charge in [-0.3, -0.25) is 14.9 Å². The minimum atomic E-state index is -3.29. The second kappa shape index (κ2) is 7.25. The SMILES string of the molecule is Cc1ccc(C(=O)N(C)C(C)c2ccc(S(C)(=O)=O)cc2)cc1[N+](=O)[O-]. The van der Waals surface area contributed by atoms with Gasteiger partial charge in [0.15, 0.2) is 9.84 Å². The minimum absolute atomic E-state index is 0.102. The Bertz CT molecular complexity index is 952. The van der Waals surface area contributed by atoms with E-state index < -0.39 is 14.8 Å². The van der Waals surface area contributed by atoms with E-state index in [9.17, 15) is 23.3 Å². The van der Waals surface area contributed by atoms with E-state index in [1.165, 1.54) is 23.1 Å². The molecule has 0 aliphatic carbocycles. The van der Waals surface area contributed by atoms with E-state index >= 15 is 0 Å². The molecule has 2 rings (SSSR count). The molecule has 138 valence electrons. The summed E-state index contributed by atoms with van der Waals surface area (Å²) in [7, 11) is -1.69. The molecule has 26 heavy (non-hydrogen) atoms. The Balaban J connectivity index is 2.27. The van der Waals surface area contributed by atoms with Crippen molar-refractivity contribution in [2.24, 2.45) is 0 Å². The number of nitro groups is 1. The molecule has 0 aliphatic rings. The summed E-state index contributed by atoms with van der Waals surface area (Å²) in [4.78, 5) is 24.9. The molecule has 0 spiro atoms. The first-order chi connectivity index (χ1) is 12.0. The summed E-state index contributed by atoms with van der Waals surface area (Å²) in [5.41, 5.74) is 1.37. The number of nitro benzene ring substituents is 1. The topological polar surface area (TPSA) is 97.6 Å². The van der Waals surface area contributed by atoms with Gasteiger partial charge in [-0.05, 0) is 37.6 Å². The Morgan fingerprint density at radius 1 is 1.15 bits per heavy atom. The Kier molecular flexibility index (Phi) is 5.46. The largest absolute Gasteiger partial charge is 0.335 e. The van der Waals surface area contributed by atoms with Gasteiger partial charge in [0.2, 0.25) is 0 Å². The lowest BCUT2D eigenvalue weighted by molar-refractivity contribution is -0.385. The van der Waals surface area contributed by atoms with E-state index in [2.05, 4.69) is 0 Å². The average molecular weight is 376 g/mol. The molecular formula is C18H20N2O5S. The van der Waals surface area contributed by atoms with E-state index in [1.54, 1.807) is 45.2 Å². The average Bonchev–Trinajstić information content (AvgIpc) is 2.59. The molecule has 1 atom stereocenters. The van der Waals surface area contributed by atoms with Gasteiger partial charge in [0, 0.05) is 30.5 Å². The van der Waals surface area contributed by atoms with Gasteiger partial charge in [-0.1, -0.05) is 18.2 Å². The third-order valence-corrected chi connectivity index (χ3v) is 5.47. The molecule has 7 nitrogen and oxygen atoms in total. The molecule has 2 aromatic rings. The van der Waals surface area contributed by atoms with Crippen LogP contribution in [0, 0.1) is 17.0 Å². The molecule has 0 fully saturated rings. The number of carbonyl (C=O) groups excluding carboxylic acids is 1. The van der Waals surface area contributed by atoms with Crippen molar-refractivity contribution >= 4 is 21.4 Å². The summed E-state index contributed by atoms with van der Waals surface area (Å²) in [6.45, 7) is 3.41. The smallest absolute Gasteiger partial charge is 0.273 e. The fourth-order valence-electron chi connectivity index (χ4n) is 2.54. The van der Waals surface area contributed by atoms with E-state index in [-0.39, 0.29) is 28.1 Å². The number of carbonyl (C=O) groups is 1. The van der Waals surface area contributed by atoms with E-state index in [4.69, 9.17) is 0 Å². The van der Waals surface area contributed by atoms with E-state index in [1.807, 2.05) is 0 Å². The van der Waals surface area contributed by atoms with Crippen molar-refractivity contribution in [3.63, 3.8) is 0 Å². The van der Waals surface area contributed by atoms with Crippen LogP contribution in [-0.4, -0.2) is 37.5 Å². The standard InChI is InChI=1S/C18H20N2O5S/c1-12-5-6-15(11-17(12)20(22)23)18(21)19(3)13(2)14-7-9-16(10-8-14)26(4,24)25/h5-11,13H,1-4H3. The van der Waals surface area contributed by atoms with Gasteiger partial charge >= 0.3 is 0 Å². The van der Waals surface area contributed by atoms with Crippen LogP contribution in [0.2, 0.25) is 0 Å². The molecule has 8 heteroatoms. The Morgan fingerprint density at radius 2 is 1.73 bits per heavy atom. The monoisotopic (exact) mass is 376 g/mol. The highest BCUT2D eigenvalue weighted by molar-refractivity contribution is 7.90. The molecular weight excluding hydrogens is 356 g/mol. The van der Waals surface area contributed by atoms with E-state index in [0.717, 1.165) is 11.8 Å². The predicted octanol–water partition coefficient (Wildman–Crippen LogP) is 3.14. The van der Waals surface area contributed by atoms with Crippen LogP contribution in [0.3, 0.4) is 0 Å². The lowest BCUT2D eigenvalue weighted by atomic mass is 10.1. The number of benzene rings is 2. The minimum Gasteiger partial charge on any atom is -0.335 e. The Hall–Kier alpha value is -2.74. The highest BCUT2D eigenvalue weighted by Gasteiger charge is 2.22. The molecule has 0 saturated carbocycles. The zero-order chi connectivity index (χ0) is 19.6. The molecule has 0 radical (unpaired) electrons. The van der Waals surface area contributed by atoms with Crippen LogP contribution in [0.15, 0.2) is 47.4 Å². The van der Waals surface area contributed by atoms with E-state index in [0.29, 0.717) is 5.56 Å². The quantitative estimate of drug-likeness (QED) is 0.590. The second-order valence-electron chi connectivity index (χ2n) is 6.19. The number of aryl methyl sites for hydroxylation is 1. The summed E-state index contributed by atoms with van der Waals surface area (Å²) in [5, 5.41) is 11.1. The van der Waals surface area contributed by atoms with Crippen LogP contribution in [0.1, 0.15) is 34.5 Å². The number of hydrogen-bond acceptors (Lipinski definition) is 5.